The van der Waals surface area contributed by atoms with Crippen LogP contribution < -0.4 is 19.9 Å². The van der Waals surface area contributed by atoms with E-state index in [9.17, 15) is 5.26 Å². The van der Waals surface area contributed by atoms with E-state index in [1.165, 1.54) is 6.20 Å². The van der Waals surface area contributed by atoms with E-state index in [0.29, 0.717) is 16.9 Å². The van der Waals surface area contributed by atoms with Crippen molar-refractivity contribution in [2.75, 3.05) is 21.3 Å². The van der Waals surface area contributed by atoms with E-state index in [0.717, 1.165) is 82.5 Å². The molecule has 0 amide bonds. The number of furan rings is 3. The molecule has 5 aromatic heterocycles. The normalized spacial score (nSPS) is 10.4. The summed E-state index contributed by atoms with van der Waals surface area (Å²) in [5.74, 6) is 3.16. The van der Waals surface area contributed by atoms with Crippen LogP contribution in [-0.4, -0.2) is 50.6 Å². The highest BCUT2D eigenvalue weighted by Crippen LogP contribution is 2.36. The van der Waals surface area contributed by atoms with Crippen molar-refractivity contribution in [1.82, 2.24) is 9.97 Å². The zero-order valence-corrected chi connectivity index (χ0v) is 38.0. The van der Waals surface area contributed by atoms with Gasteiger partial charge in [0, 0.05) is 68.8 Å². The molecule has 3 aromatic carbocycles. The first-order valence-electron chi connectivity index (χ1n) is 19.6. The molecule has 0 atom stereocenters. The van der Waals surface area contributed by atoms with Crippen molar-refractivity contribution < 1.29 is 36.8 Å². The van der Waals surface area contributed by atoms with Gasteiger partial charge in [0.15, 0.2) is 0 Å². The summed E-state index contributed by atoms with van der Waals surface area (Å²) in [4.78, 5) is 7.73. The Balaban J connectivity index is 0.000000192. The second kappa shape index (κ2) is 23.0. The summed E-state index contributed by atoms with van der Waals surface area (Å²) in [6.07, 6.45) is 8.21. The van der Waals surface area contributed by atoms with E-state index in [-0.39, 0.29) is 19.6 Å². The second-order valence-electron chi connectivity index (χ2n) is 14.4. The second-order valence-corrected chi connectivity index (χ2v) is 15.2. The predicted octanol–water partition coefficient (Wildman–Crippen LogP) is 12.1. The molecule has 0 fully saturated rings. The standard InChI is InChI=1S/C16H23BO4.C16H12N2O2.C10H10O2.C6H3BrN2.CH4/c1-10(2)20-17(21-11(3)4)16-12(5)14-9-13(18-6)7-8-15(14)19-16;1-10-14-7-12(19-2)3-4-15(14)20-16(10)13-5-6-18-9-11(13)8-17;1-7-6-12-10-4-3-8(11-2)5-9(7)10;7-6-1-2-9-4-5(6)3-8;/h7-11H,1-6H3;3-7,9H,1-2H3;3-6H,1-2H3;1-2,4H;1H4. The number of nitrogens with zero attached hydrogens (tertiary/aromatic N) is 4. The molecule has 0 radical (unpaired) electrons. The van der Waals surface area contributed by atoms with Crippen LogP contribution in [0.2, 0.25) is 0 Å². The molecule has 0 saturated carbocycles. The fourth-order valence-electron chi connectivity index (χ4n) is 6.21. The Bertz CT molecular complexity index is 2830. The third-order valence-corrected chi connectivity index (χ3v) is 10.1. The lowest BCUT2D eigenvalue weighted by Crippen LogP contribution is -2.41. The van der Waals surface area contributed by atoms with E-state index in [2.05, 4.69) is 32.0 Å². The quantitative estimate of drug-likeness (QED) is 0.126. The van der Waals surface area contributed by atoms with E-state index in [1.807, 2.05) is 109 Å². The molecule has 14 heteroatoms. The Morgan fingerprint density at radius 1 is 0.635 bits per heavy atom. The minimum absolute atomic E-state index is 0. The Morgan fingerprint density at radius 3 is 1.63 bits per heavy atom. The molecule has 12 nitrogen and oxygen atoms in total. The summed E-state index contributed by atoms with van der Waals surface area (Å²) in [7, 11) is 4.46. The van der Waals surface area contributed by atoms with Crippen LogP contribution >= 0.6 is 15.9 Å². The summed E-state index contributed by atoms with van der Waals surface area (Å²) in [5, 5.41) is 20.7. The fraction of sp³-hybridized carbons (Fsp3) is 0.265. The van der Waals surface area contributed by atoms with E-state index in [1.54, 1.807) is 58.3 Å². The van der Waals surface area contributed by atoms with Crippen LogP contribution in [0.1, 0.15) is 62.9 Å². The van der Waals surface area contributed by atoms with Gasteiger partial charge in [0.05, 0.1) is 38.7 Å². The number of hydrogen-bond donors (Lipinski definition) is 0. The van der Waals surface area contributed by atoms with Crippen LogP contribution in [0, 0.1) is 43.4 Å². The highest BCUT2D eigenvalue weighted by atomic mass is 79.9. The molecule has 0 spiro atoms. The molecule has 0 unspecified atom stereocenters. The van der Waals surface area contributed by atoms with Gasteiger partial charge in [-0.3, -0.25) is 9.97 Å². The topological polar surface area (TPSA) is 159 Å². The SMILES string of the molecule is C.COc1ccc2oc(-c3ccncc3C#N)c(C)c2c1.COc1ccc2oc(B(OC(C)C)OC(C)C)c(C)c2c1.COc1ccc2occ(C)c2c1.N#Cc1cnccc1Br. The van der Waals surface area contributed by atoms with Crippen molar-refractivity contribution in [2.45, 2.75) is 68.1 Å². The van der Waals surface area contributed by atoms with Gasteiger partial charge in [-0.15, -0.1) is 0 Å². The van der Waals surface area contributed by atoms with Gasteiger partial charge in [-0.2, -0.15) is 10.5 Å². The first kappa shape index (κ1) is 49.1. The zero-order chi connectivity index (χ0) is 44.9. The van der Waals surface area contributed by atoms with Crippen LogP contribution in [0.15, 0.2) is 116 Å². The average Bonchev–Trinajstić information content (AvgIpc) is 3.94. The number of nitriles is 2. The van der Waals surface area contributed by atoms with Crippen molar-refractivity contribution in [3.8, 4) is 40.7 Å². The Labute approximate surface area is 377 Å². The summed E-state index contributed by atoms with van der Waals surface area (Å²) < 4.78 is 45.3. The number of ether oxygens (including phenoxy) is 3. The van der Waals surface area contributed by atoms with Crippen molar-refractivity contribution in [3.63, 3.8) is 0 Å². The molecular formula is C49H52BBrN4O8. The smallest absolute Gasteiger partial charge is 0.497 e. The highest BCUT2D eigenvalue weighted by molar-refractivity contribution is 9.10. The molecule has 0 aliphatic heterocycles. The maximum absolute atomic E-state index is 9.18. The maximum Gasteiger partial charge on any atom is 0.532 e. The van der Waals surface area contributed by atoms with E-state index < -0.39 is 7.12 Å². The van der Waals surface area contributed by atoms with Gasteiger partial charge < -0.3 is 36.8 Å². The number of rotatable bonds is 9. The minimum atomic E-state index is -0.497. The number of benzene rings is 3. The van der Waals surface area contributed by atoms with Crippen molar-refractivity contribution in [1.29, 1.82) is 10.5 Å². The van der Waals surface area contributed by atoms with Crippen LogP contribution in [0.4, 0.5) is 0 Å². The molecule has 0 aliphatic carbocycles. The Morgan fingerprint density at radius 2 is 1.13 bits per heavy atom. The molecule has 0 N–H and O–H groups in total. The Kier molecular flexibility index (Phi) is 17.9. The van der Waals surface area contributed by atoms with Gasteiger partial charge in [-0.1, -0.05) is 7.43 Å². The summed E-state index contributed by atoms with van der Waals surface area (Å²) in [6.45, 7) is 13.9. The lowest BCUT2D eigenvalue weighted by atomic mass is 9.82. The van der Waals surface area contributed by atoms with Crippen LogP contribution in [0.25, 0.3) is 44.2 Å². The summed E-state index contributed by atoms with van der Waals surface area (Å²) in [5.41, 5.74) is 8.20. The number of aromatic nitrogens is 2. The minimum Gasteiger partial charge on any atom is -0.497 e. The number of pyridine rings is 2. The monoisotopic (exact) mass is 914 g/mol. The molecule has 0 bridgehead atoms. The first-order chi connectivity index (χ1) is 29.8. The molecule has 63 heavy (non-hydrogen) atoms. The first-order valence-corrected chi connectivity index (χ1v) is 20.4. The van der Waals surface area contributed by atoms with Crippen molar-refractivity contribution in [2.24, 2.45) is 0 Å². The van der Waals surface area contributed by atoms with Crippen LogP contribution in [0.5, 0.6) is 17.2 Å². The Hall–Kier alpha value is -6.58. The summed E-state index contributed by atoms with van der Waals surface area (Å²) in [6, 6.07) is 24.9. The van der Waals surface area contributed by atoms with Gasteiger partial charge in [-0.25, -0.2) is 0 Å². The number of methoxy groups -OCH3 is 3. The van der Waals surface area contributed by atoms with Crippen molar-refractivity contribution >= 4 is 61.6 Å². The lowest BCUT2D eigenvalue weighted by molar-refractivity contribution is 0.136. The average molecular weight is 916 g/mol. The molecule has 8 aromatic rings. The van der Waals surface area contributed by atoms with Gasteiger partial charge in [-0.05, 0) is 142 Å². The van der Waals surface area contributed by atoms with Gasteiger partial charge >= 0.3 is 7.12 Å². The predicted molar refractivity (Wildman–Crippen MR) is 252 cm³/mol. The van der Waals surface area contributed by atoms with Crippen LogP contribution in [-0.2, 0) is 9.31 Å². The molecule has 5 heterocycles. The molecule has 0 aliphatic rings. The third-order valence-electron chi connectivity index (χ3n) is 9.38. The largest absolute Gasteiger partial charge is 0.532 e. The van der Waals surface area contributed by atoms with E-state index in [4.69, 9.17) is 42.0 Å². The zero-order valence-electron chi connectivity index (χ0n) is 36.4. The molecular weight excluding hydrogens is 863 g/mol. The van der Waals surface area contributed by atoms with E-state index >= 15 is 0 Å². The summed E-state index contributed by atoms with van der Waals surface area (Å²) >= 11 is 3.19. The van der Waals surface area contributed by atoms with Gasteiger partial charge in [0.1, 0.15) is 57.6 Å². The number of hydrogen-bond acceptors (Lipinski definition) is 12. The van der Waals surface area contributed by atoms with Gasteiger partial charge in [0.2, 0.25) is 0 Å². The number of fused-ring (bicyclic) bond motifs is 3. The number of aryl methyl sites for hydroxylation is 3. The van der Waals surface area contributed by atoms with Crippen LogP contribution in [0.3, 0.4) is 0 Å². The maximum atomic E-state index is 9.18. The number of halogens is 1. The van der Waals surface area contributed by atoms with Gasteiger partial charge in [0.25, 0.3) is 0 Å². The highest BCUT2D eigenvalue weighted by Gasteiger charge is 2.31. The molecule has 326 valence electrons. The fourth-order valence-corrected chi connectivity index (χ4v) is 6.52. The third kappa shape index (κ3) is 12.3. The van der Waals surface area contributed by atoms with Crippen molar-refractivity contribution in [3.05, 3.63) is 130 Å². The lowest BCUT2D eigenvalue weighted by Gasteiger charge is -2.18. The molecule has 8 rings (SSSR count). The molecule has 0 saturated heterocycles.